The summed E-state index contributed by atoms with van der Waals surface area (Å²) < 4.78 is 0. The molecule has 0 aromatic carbocycles. The van der Waals surface area contributed by atoms with Gasteiger partial charge in [0, 0.05) is 5.25 Å². The molecule has 0 heterocycles. The fraction of sp³-hybridized carbons (Fsp3) is 0.912. The third kappa shape index (κ3) is 6.69. The highest BCUT2D eigenvalue weighted by molar-refractivity contribution is 8.14. The number of hydrogen-bond donors (Lipinski definition) is 0. The van der Waals surface area contributed by atoms with Crippen molar-refractivity contribution >= 4 is 28.5 Å². The van der Waals surface area contributed by atoms with Gasteiger partial charge in [0.25, 0.3) is 0 Å². The largest absolute Gasteiger partial charge is 0.286 e. The Labute approximate surface area is 239 Å². The summed E-state index contributed by atoms with van der Waals surface area (Å²) >= 11 is 8.08. The molecule has 0 aromatic heterocycles. The molecular formula is C34H57ClOS. The molecule has 3 saturated carbocycles. The van der Waals surface area contributed by atoms with E-state index in [2.05, 4.69) is 33.8 Å². The van der Waals surface area contributed by atoms with Gasteiger partial charge in [0.2, 0.25) is 5.12 Å². The summed E-state index contributed by atoms with van der Waals surface area (Å²) in [6, 6.07) is 0. The molecule has 0 aromatic rings. The number of unbranched alkanes of at least 4 members (excludes halogenated alkanes) is 7. The second kappa shape index (κ2) is 13.6. The van der Waals surface area contributed by atoms with Crippen molar-refractivity contribution in [2.24, 2.45) is 34.5 Å². The lowest BCUT2D eigenvalue weighted by Crippen LogP contribution is -2.50. The lowest BCUT2D eigenvalue weighted by Gasteiger charge is -2.58. The second-order valence-electron chi connectivity index (χ2n) is 13.9. The number of fused-ring (bicyclic) bond motifs is 5. The molecule has 4 aliphatic carbocycles. The Morgan fingerprint density at radius 1 is 0.946 bits per heavy atom. The Balaban J connectivity index is 1.32. The number of hydrogen-bond acceptors (Lipinski definition) is 2. The van der Waals surface area contributed by atoms with E-state index in [4.69, 9.17) is 11.6 Å². The number of thioether (sulfide) groups is 1. The molecule has 0 radical (unpaired) electrons. The fourth-order valence-electron chi connectivity index (χ4n) is 9.41. The van der Waals surface area contributed by atoms with Crippen LogP contribution in [0, 0.1) is 34.5 Å². The van der Waals surface area contributed by atoms with Crippen LogP contribution in [0.25, 0.3) is 0 Å². The van der Waals surface area contributed by atoms with Crippen molar-refractivity contribution in [2.75, 3.05) is 0 Å². The first-order chi connectivity index (χ1) is 17.8. The first-order valence-corrected chi connectivity index (χ1v) is 17.7. The van der Waals surface area contributed by atoms with Gasteiger partial charge in [-0.3, -0.25) is 4.79 Å². The minimum absolute atomic E-state index is 0.233. The van der Waals surface area contributed by atoms with Crippen LogP contribution in [-0.2, 0) is 4.79 Å². The van der Waals surface area contributed by atoms with Crippen LogP contribution < -0.4 is 0 Å². The SMILES string of the molecule is CCCCCCCC[C@@H]1CC[C@@H]2[C@@H]3CC=C4C[C@@H](SC(=O)[C@@H](Cl)CCCCC)CC[C@]4(C)[C@H]3CC[C@]12C. The molecule has 4 rings (SSSR count). The maximum absolute atomic E-state index is 12.8. The summed E-state index contributed by atoms with van der Waals surface area (Å²) in [4.78, 5) is 12.8. The van der Waals surface area contributed by atoms with E-state index in [1.807, 2.05) is 0 Å². The molecule has 0 unspecified atom stereocenters. The third-order valence-electron chi connectivity index (χ3n) is 11.8. The van der Waals surface area contributed by atoms with Crippen molar-refractivity contribution in [3.63, 3.8) is 0 Å². The molecule has 212 valence electrons. The van der Waals surface area contributed by atoms with Crippen molar-refractivity contribution in [1.82, 2.24) is 0 Å². The van der Waals surface area contributed by atoms with Gasteiger partial charge >= 0.3 is 0 Å². The number of allylic oxidation sites excluding steroid dienone is 2. The Kier molecular flexibility index (Phi) is 11.0. The molecule has 37 heavy (non-hydrogen) atoms. The average molecular weight is 549 g/mol. The van der Waals surface area contributed by atoms with E-state index in [-0.39, 0.29) is 10.5 Å². The summed E-state index contributed by atoms with van der Waals surface area (Å²) in [6.07, 6.45) is 27.8. The highest BCUT2D eigenvalue weighted by Gasteiger charge is 2.58. The average Bonchev–Trinajstić information content (AvgIpc) is 3.22. The molecule has 0 N–H and O–H groups in total. The van der Waals surface area contributed by atoms with E-state index >= 15 is 0 Å². The molecular weight excluding hydrogens is 492 g/mol. The summed E-state index contributed by atoms with van der Waals surface area (Å²) in [5.41, 5.74) is 2.68. The summed E-state index contributed by atoms with van der Waals surface area (Å²) in [7, 11) is 0. The topological polar surface area (TPSA) is 17.1 Å². The van der Waals surface area contributed by atoms with Gasteiger partial charge in [0.05, 0.1) is 0 Å². The Hall–Kier alpha value is 0.0500. The van der Waals surface area contributed by atoms with Gasteiger partial charge in [-0.15, -0.1) is 11.6 Å². The van der Waals surface area contributed by atoms with Crippen LogP contribution >= 0.6 is 23.4 Å². The van der Waals surface area contributed by atoms with Crippen molar-refractivity contribution < 1.29 is 4.79 Å². The molecule has 0 amide bonds. The van der Waals surface area contributed by atoms with Crippen molar-refractivity contribution in [3.8, 4) is 0 Å². The Morgan fingerprint density at radius 3 is 2.46 bits per heavy atom. The fourth-order valence-corrected chi connectivity index (χ4v) is 10.8. The predicted molar refractivity (Wildman–Crippen MR) is 163 cm³/mol. The van der Waals surface area contributed by atoms with Crippen LogP contribution in [0.1, 0.15) is 150 Å². The zero-order chi connectivity index (χ0) is 26.5. The molecule has 0 saturated heterocycles. The highest BCUT2D eigenvalue weighted by atomic mass is 35.5. The standard InChI is InChI=1S/C34H57ClOS/c1-5-7-9-10-11-13-14-25-17-19-29-28-18-16-26-24-27(37-32(36)31(35)15-12-8-6-2)20-22-34(26,4)30(28)21-23-33(25,29)3/h16,25,27-31H,5-15,17-24H2,1-4H3/t25-,27+,28+,29-,30+,31+,33-,34+/m1/s1. The van der Waals surface area contributed by atoms with E-state index in [0.717, 1.165) is 42.9 Å². The number of halogens is 1. The zero-order valence-corrected chi connectivity index (χ0v) is 26.2. The van der Waals surface area contributed by atoms with Gasteiger partial charge in [-0.25, -0.2) is 0 Å². The molecule has 3 heteroatoms. The van der Waals surface area contributed by atoms with E-state index in [1.54, 1.807) is 17.3 Å². The summed E-state index contributed by atoms with van der Waals surface area (Å²) in [5, 5.41) is 0.381. The van der Waals surface area contributed by atoms with Gasteiger partial charge in [0.15, 0.2) is 0 Å². The van der Waals surface area contributed by atoms with E-state index in [1.165, 1.54) is 103 Å². The van der Waals surface area contributed by atoms with Gasteiger partial charge in [-0.1, -0.05) is 109 Å². The van der Waals surface area contributed by atoms with E-state index in [0.29, 0.717) is 16.1 Å². The zero-order valence-electron chi connectivity index (χ0n) is 24.7. The molecule has 0 bridgehead atoms. The first kappa shape index (κ1) is 30.0. The van der Waals surface area contributed by atoms with Crippen LogP contribution in [0.4, 0.5) is 0 Å². The molecule has 0 spiro atoms. The Morgan fingerprint density at radius 2 is 1.68 bits per heavy atom. The Bertz CT molecular complexity index is 778. The van der Waals surface area contributed by atoms with Crippen LogP contribution in [0.3, 0.4) is 0 Å². The van der Waals surface area contributed by atoms with Gasteiger partial charge < -0.3 is 0 Å². The van der Waals surface area contributed by atoms with Crippen molar-refractivity contribution in [1.29, 1.82) is 0 Å². The molecule has 8 atom stereocenters. The van der Waals surface area contributed by atoms with Gasteiger partial charge in [0.1, 0.15) is 5.38 Å². The monoisotopic (exact) mass is 548 g/mol. The van der Waals surface area contributed by atoms with Crippen LogP contribution in [0.15, 0.2) is 11.6 Å². The van der Waals surface area contributed by atoms with Crippen LogP contribution in [0.5, 0.6) is 0 Å². The minimum Gasteiger partial charge on any atom is -0.286 e. The van der Waals surface area contributed by atoms with Crippen LogP contribution in [-0.4, -0.2) is 15.7 Å². The number of carbonyl (C=O) groups excluding carboxylic acids is 1. The lowest BCUT2D eigenvalue weighted by atomic mass is 9.47. The van der Waals surface area contributed by atoms with Crippen molar-refractivity contribution in [3.05, 3.63) is 11.6 Å². The second-order valence-corrected chi connectivity index (χ2v) is 15.7. The maximum Gasteiger partial charge on any atom is 0.207 e. The highest BCUT2D eigenvalue weighted by Crippen LogP contribution is 2.67. The first-order valence-electron chi connectivity index (χ1n) is 16.4. The summed E-state index contributed by atoms with van der Waals surface area (Å²) in [6.45, 7) is 9.83. The lowest BCUT2D eigenvalue weighted by molar-refractivity contribution is -0.110. The van der Waals surface area contributed by atoms with Crippen LogP contribution in [0.2, 0.25) is 0 Å². The third-order valence-corrected chi connectivity index (χ3v) is 13.6. The normalized spacial score (nSPS) is 37.9. The number of rotatable bonds is 13. The smallest absolute Gasteiger partial charge is 0.207 e. The van der Waals surface area contributed by atoms with E-state index in [9.17, 15) is 4.79 Å². The maximum atomic E-state index is 12.8. The molecule has 3 fully saturated rings. The van der Waals surface area contributed by atoms with E-state index < -0.39 is 0 Å². The molecule has 1 nitrogen and oxygen atoms in total. The summed E-state index contributed by atoms with van der Waals surface area (Å²) in [5.74, 6) is 3.69. The minimum atomic E-state index is -0.294. The quantitative estimate of drug-likeness (QED) is 0.129. The molecule has 0 aliphatic heterocycles. The van der Waals surface area contributed by atoms with Gasteiger partial charge in [-0.05, 0) is 98.7 Å². The number of carbonyl (C=O) groups is 1. The molecule has 4 aliphatic rings. The predicted octanol–water partition coefficient (Wildman–Crippen LogP) is 11.1. The van der Waals surface area contributed by atoms with Crippen molar-refractivity contribution in [2.45, 2.75) is 160 Å². The van der Waals surface area contributed by atoms with Gasteiger partial charge in [-0.2, -0.15) is 0 Å². The number of alkyl halides is 1.